The number of hydrogen-bond acceptors (Lipinski definition) is 4. The lowest BCUT2D eigenvalue weighted by atomic mass is 10.1. The van der Waals surface area contributed by atoms with Crippen molar-refractivity contribution in [3.05, 3.63) is 65.7 Å². The van der Waals surface area contributed by atoms with Gasteiger partial charge in [0, 0.05) is 20.2 Å². The van der Waals surface area contributed by atoms with Gasteiger partial charge >= 0.3 is 0 Å². The van der Waals surface area contributed by atoms with Crippen molar-refractivity contribution < 1.29 is 14.3 Å². The molecule has 0 bridgehead atoms. The highest BCUT2D eigenvalue weighted by molar-refractivity contribution is 5.96. The molecule has 2 rings (SSSR count). The Bertz CT molecular complexity index is 710. The smallest absolute Gasteiger partial charge is 0.257 e. The van der Waals surface area contributed by atoms with Crippen molar-refractivity contribution in [2.24, 2.45) is 0 Å². The van der Waals surface area contributed by atoms with Crippen molar-refractivity contribution in [3.8, 4) is 11.8 Å². The predicted molar refractivity (Wildman–Crippen MR) is 95.2 cm³/mol. The number of nitriles is 1. The number of amides is 1. The molecule has 0 aliphatic heterocycles. The molecule has 0 atom stereocenters. The highest BCUT2D eigenvalue weighted by Crippen LogP contribution is 2.21. The lowest BCUT2D eigenvalue weighted by Crippen LogP contribution is -2.31. The summed E-state index contributed by atoms with van der Waals surface area (Å²) in [5.74, 6) is 0.381. The van der Waals surface area contributed by atoms with Crippen LogP contribution in [0.25, 0.3) is 0 Å². The number of ether oxygens (including phenoxy) is 2. The minimum absolute atomic E-state index is 0.146. The summed E-state index contributed by atoms with van der Waals surface area (Å²) in [5.41, 5.74) is 1.51. The second-order valence-electron chi connectivity index (χ2n) is 5.46. The van der Waals surface area contributed by atoms with Crippen LogP contribution in [0, 0.1) is 11.3 Å². The summed E-state index contributed by atoms with van der Waals surface area (Å²) < 4.78 is 10.7. The van der Waals surface area contributed by atoms with Crippen molar-refractivity contribution in [2.45, 2.75) is 13.0 Å². The van der Waals surface area contributed by atoms with E-state index in [-0.39, 0.29) is 12.3 Å². The van der Waals surface area contributed by atoms with Gasteiger partial charge in [0.1, 0.15) is 12.4 Å². The number of rotatable bonds is 9. The zero-order valence-electron chi connectivity index (χ0n) is 14.4. The SMILES string of the molecule is COCCOc1ccccc1C(=O)N(CCC#N)Cc1ccccc1. The molecule has 0 saturated heterocycles. The Balaban J connectivity index is 2.19. The van der Waals surface area contributed by atoms with Crippen molar-refractivity contribution in [2.75, 3.05) is 26.9 Å². The number of nitrogens with zero attached hydrogens (tertiary/aromatic N) is 2. The van der Waals surface area contributed by atoms with Gasteiger partial charge in [-0.15, -0.1) is 0 Å². The second kappa shape index (κ2) is 10.1. The molecule has 5 nitrogen and oxygen atoms in total. The number of para-hydroxylation sites is 1. The van der Waals surface area contributed by atoms with Crippen molar-refractivity contribution >= 4 is 5.91 Å². The fraction of sp³-hybridized carbons (Fsp3) is 0.300. The van der Waals surface area contributed by atoms with E-state index in [9.17, 15) is 4.79 Å². The zero-order valence-corrected chi connectivity index (χ0v) is 14.4. The third-order valence-electron chi connectivity index (χ3n) is 3.66. The molecule has 2 aromatic rings. The third kappa shape index (κ3) is 5.63. The predicted octanol–water partition coefficient (Wildman–Crippen LogP) is 3.27. The van der Waals surface area contributed by atoms with Crippen LogP contribution in [0.3, 0.4) is 0 Å². The normalized spacial score (nSPS) is 10.1. The first-order chi connectivity index (χ1) is 12.3. The maximum Gasteiger partial charge on any atom is 0.257 e. The lowest BCUT2D eigenvalue weighted by Gasteiger charge is -2.23. The van der Waals surface area contributed by atoms with E-state index < -0.39 is 0 Å². The average molecular weight is 338 g/mol. The molecule has 0 aliphatic rings. The van der Waals surface area contributed by atoms with Crippen molar-refractivity contribution in [3.63, 3.8) is 0 Å². The van der Waals surface area contributed by atoms with Gasteiger partial charge in [0.05, 0.1) is 24.7 Å². The van der Waals surface area contributed by atoms with Gasteiger partial charge in [0.15, 0.2) is 0 Å². The van der Waals surface area contributed by atoms with E-state index in [0.29, 0.717) is 37.6 Å². The highest BCUT2D eigenvalue weighted by atomic mass is 16.5. The number of carbonyl (C=O) groups excluding carboxylic acids is 1. The Morgan fingerprint density at radius 2 is 1.80 bits per heavy atom. The van der Waals surface area contributed by atoms with E-state index in [4.69, 9.17) is 14.7 Å². The van der Waals surface area contributed by atoms with Gasteiger partial charge in [-0.05, 0) is 17.7 Å². The molecule has 0 radical (unpaired) electrons. The molecule has 25 heavy (non-hydrogen) atoms. The summed E-state index contributed by atoms with van der Waals surface area (Å²) >= 11 is 0. The lowest BCUT2D eigenvalue weighted by molar-refractivity contribution is 0.0739. The van der Waals surface area contributed by atoms with Gasteiger partial charge in [-0.1, -0.05) is 42.5 Å². The molecule has 130 valence electrons. The quantitative estimate of drug-likeness (QED) is 0.658. The summed E-state index contributed by atoms with van der Waals surface area (Å²) in [6.45, 7) is 1.65. The standard InChI is InChI=1S/C20H22N2O3/c1-24-14-15-25-19-11-6-5-10-18(19)20(23)22(13-7-12-21)16-17-8-3-2-4-9-17/h2-6,8-11H,7,13-16H2,1H3. The van der Waals surface area contributed by atoms with E-state index >= 15 is 0 Å². The molecule has 2 aromatic carbocycles. The van der Waals surface area contributed by atoms with Gasteiger partial charge in [-0.2, -0.15) is 5.26 Å². The maximum atomic E-state index is 13.0. The summed E-state index contributed by atoms with van der Waals surface area (Å²) in [6.07, 6.45) is 0.283. The van der Waals surface area contributed by atoms with Crippen molar-refractivity contribution in [1.29, 1.82) is 5.26 Å². The molecular formula is C20H22N2O3. The Labute approximate surface area is 148 Å². The van der Waals surface area contributed by atoms with E-state index in [1.165, 1.54) is 0 Å². The minimum Gasteiger partial charge on any atom is -0.490 e. The monoisotopic (exact) mass is 338 g/mol. The first kappa shape index (κ1) is 18.5. The Kier molecular flexibility index (Phi) is 7.48. The molecule has 0 spiro atoms. The van der Waals surface area contributed by atoms with Crippen LogP contribution in [0.2, 0.25) is 0 Å². The van der Waals surface area contributed by atoms with Crippen LogP contribution >= 0.6 is 0 Å². The van der Waals surface area contributed by atoms with E-state index in [1.807, 2.05) is 36.4 Å². The van der Waals surface area contributed by atoms with Crippen LogP contribution in [0.15, 0.2) is 54.6 Å². The molecule has 0 unspecified atom stereocenters. The average Bonchev–Trinajstić information content (AvgIpc) is 2.66. The van der Waals surface area contributed by atoms with Gasteiger partial charge in [-0.3, -0.25) is 4.79 Å². The van der Waals surface area contributed by atoms with Crippen LogP contribution in [-0.4, -0.2) is 37.7 Å². The van der Waals surface area contributed by atoms with Gasteiger partial charge in [-0.25, -0.2) is 0 Å². The topological polar surface area (TPSA) is 62.6 Å². The first-order valence-corrected chi connectivity index (χ1v) is 8.17. The molecular weight excluding hydrogens is 316 g/mol. The molecule has 0 saturated carbocycles. The molecule has 1 amide bonds. The number of benzene rings is 2. The summed E-state index contributed by atoms with van der Waals surface area (Å²) in [6, 6.07) is 19.0. The molecule has 0 heterocycles. The maximum absolute atomic E-state index is 13.0. The highest BCUT2D eigenvalue weighted by Gasteiger charge is 2.19. The molecule has 0 N–H and O–H groups in total. The van der Waals surface area contributed by atoms with Gasteiger partial charge in [0.25, 0.3) is 5.91 Å². The minimum atomic E-state index is -0.146. The molecule has 0 aliphatic carbocycles. The van der Waals surface area contributed by atoms with Crippen LogP contribution in [0.5, 0.6) is 5.75 Å². The van der Waals surface area contributed by atoms with Crippen LogP contribution in [0.1, 0.15) is 22.3 Å². The summed E-state index contributed by atoms with van der Waals surface area (Å²) in [4.78, 5) is 14.7. The second-order valence-corrected chi connectivity index (χ2v) is 5.46. The van der Waals surface area contributed by atoms with Gasteiger partial charge in [0.2, 0.25) is 0 Å². The fourth-order valence-corrected chi connectivity index (χ4v) is 2.42. The fourth-order valence-electron chi connectivity index (χ4n) is 2.42. The van der Waals surface area contributed by atoms with Crippen molar-refractivity contribution in [1.82, 2.24) is 4.90 Å². The summed E-state index contributed by atoms with van der Waals surface area (Å²) in [5, 5.41) is 8.90. The van der Waals surface area contributed by atoms with Crippen LogP contribution in [0.4, 0.5) is 0 Å². The summed E-state index contributed by atoms with van der Waals surface area (Å²) in [7, 11) is 1.60. The van der Waals surface area contributed by atoms with Gasteiger partial charge < -0.3 is 14.4 Å². The largest absolute Gasteiger partial charge is 0.490 e. The van der Waals surface area contributed by atoms with Crippen LogP contribution in [-0.2, 0) is 11.3 Å². The van der Waals surface area contributed by atoms with E-state index in [1.54, 1.807) is 30.2 Å². The molecule has 0 fully saturated rings. The molecule has 5 heteroatoms. The Hall–Kier alpha value is -2.84. The molecule has 0 aromatic heterocycles. The van der Waals surface area contributed by atoms with E-state index in [2.05, 4.69) is 6.07 Å². The number of carbonyl (C=O) groups is 1. The van der Waals surface area contributed by atoms with E-state index in [0.717, 1.165) is 5.56 Å². The third-order valence-corrected chi connectivity index (χ3v) is 3.66. The van der Waals surface area contributed by atoms with Crippen LogP contribution < -0.4 is 4.74 Å². The zero-order chi connectivity index (χ0) is 17.9. The number of methoxy groups -OCH3 is 1. The Morgan fingerprint density at radius 1 is 1.08 bits per heavy atom. The first-order valence-electron chi connectivity index (χ1n) is 8.17. The number of hydrogen-bond donors (Lipinski definition) is 0. The Morgan fingerprint density at radius 3 is 2.52 bits per heavy atom.